The van der Waals surface area contributed by atoms with Gasteiger partial charge in [0, 0.05) is 37.5 Å². The van der Waals surface area contributed by atoms with Crippen LogP contribution in [0.4, 0.5) is 0 Å². The van der Waals surface area contributed by atoms with Crippen LogP contribution in [0.1, 0.15) is 40.0 Å². The first kappa shape index (κ1) is 15.0. The smallest absolute Gasteiger partial charge is 0.223 e. The minimum Gasteiger partial charge on any atom is -0.354 e. The Labute approximate surface area is 109 Å². The van der Waals surface area contributed by atoms with Gasteiger partial charge in [0.15, 0.2) is 0 Å². The van der Waals surface area contributed by atoms with Crippen molar-refractivity contribution >= 4 is 11.8 Å². The molecule has 2 amide bonds. The zero-order chi connectivity index (χ0) is 13.6. The molecule has 0 heterocycles. The maximum Gasteiger partial charge on any atom is 0.223 e. The monoisotopic (exact) mass is 255 g/mol. The Kier molecular flexibility index (Phi) is 5.59. The van der Waals surface area contributed by atoms with Crippen molar-refractivity contribution < 1.29 is 9.59 Å². The molecule has 0 unspecified atom stereocenters. The Balaban J connectivity index is 1.94. The van der Waals surface area contributed by atoms with Gasteiger partial charge in [-0.2, -0.15) is 0 Å². The Hall–Kier alpha value is -1.10. The van der Waals surface area contributed by atoms with Crippen LogP contribution in [0.2, 0.25) is 0 Å². The second-order valence-corrected chi connectivity index (χ2v) is 5.84. The summed E-state index contributed by atoms with van der Waals surface area (Å²) in [6.07, 6.45) is 2.49. The molecule has 5 nitrogen and oxygen atoms in total. The van der Waals surface area contributed by atoms with Gasteiger partial charge in [-0.25, -0.2) is 0 Å². The second kappa shape index (κ2) is 6.73. The summed E-state index contributed by atoms with van der Waals surface area (Å²) >= 11 is 0. The van der Waals surface area contributed by atoms with E-state index in [-0.39, 0.29) is 23.3 Å². The minimum atomic E-state index is 0.0208. The molecule has 0 aromatic heterocycles. The van der Waals surface area contributed by atoms with E-state index in [2.05, 4.69) is 36.7 Å². The largest absolute Gasteiger partial charge is 0.354 e. The quantitative estimate of drug-likeness (QED) is 0.577. The fraction of sp³-hybridized carbons (Fsp3) is 0.846. The Morgan fingerprint density at radius 3 is 2.22 bits per heavy atom. The summed E-state index contributed by atoms with van der Waals surface area (Å²) in [7, 11) is 0. The van der Waals surface area contributed by atoms with E-state index in [1.165, 1.54) is 0 Å². The molecule has 0 spiro atoms. The van der Waals surface area contributed by atoms with Crippen LogP contribution in [0.25, 0.3) is 0 Å². The summed E-state index contributed by atoms with van der Waals surface area (Å²) < 4.78 is 0. The number of hydrogen-bond donors (Lipinski definition) is 3. The lowest BCUT2D eigenvalue weighted by Crippen LogP contribution is -2.40. The van der Waals surface area contributed by atoms with Gasteiger partial charge in [-0.3, -0.25) is 9.59 Å². The van der Waals surface area contributed by atoms with Crippen LogP contribution in [-0.4, -0.2) is 37.0 Å². The molecule has 1 saturated carbocycles. The number of carbonyl (C=O) groups excluding carboxylic acids is 2. The lowest BCUT2D eigenvalue weighted by molar-refractivity contribution is -0.123. The standard InChI is InChI=1S/C13H25N3O2/c1-13(2,3)16-7-6-11(17)14-8-9-15-12(18)10-4-5-10/h10,16H,4-9H2,1-3H3,(H,14,17)(H,15,18). The summed E-state index contributed by atoms with van der Waals surface area (Å²) in [6, 6.07) is 0. The molecular weight excluding hydrogens is 230 g/mol. The fourth-order valence-electron chi connectivity index (χ4n) is 1.52. The van der Waals surface area contributed by atoms with Gasteiger partial charge in [0.1, 0.15) is 0 Å². The van der Waals surface area contributed by atoms with Crippen molar-refractivity contribution in [1.82, 2.24) is 16.0 Å². The van der Waals surface area contributed by atoms with E-state index >= 15 is 0 Å². The Bertz CT molecular complexity index is 293. The van der Waals surface area contributed by atoms with Gasteiger partial charge < -0.3 is 16.0 Å². The molecule has 1 fully saturated rings. The predicted octanol–water partition coefficient (Wildman–Crippen LogP) is 0.407. The molecule has 5 heteroatoms. The van der Waals surface area contributed by atoms with Crippen LogP contribution in [0.3, 0.4) is 0 Å². The van der Waals surface area contributed by atoms with Crippen molar-refractivity contribution in [3.8, 4) is 0 Å². The van der Waals surface area contributed by atoms with Crippen LogP contribution < -0.4 is 16.0 Å². The van der Waals surface area contributed by atoms with Gasteiger partial charge >= 0.3 is 0 Å². The van der Waals surface area contributed by atoms with Gasteiger partial charge in [0.25, 0.3) is 0 Å². The average Bonchev–Trinajstić information content (AvgIpc) is 3.05. The van der Waals surface area contributed by atoms with Crippen molar-refractivity contribution in [2.24, 2.45) is 5.92 Å². The third-order valence-electron chi connectivity index (χ3n) is 2.70. The second-order valence-electron chi connectivity index (χ2n) is 5.84. The molecule has 18 heavy (non-hydrogen) atoms. The normalized spacial score (nSPS) is 15.3. The van der Waals surface area contributed by atoms with E-state index in [0.717, 1.165) is 12.8 Å². The summed E-state index contributed by atoms with van der Waals surface area (Å²) in [6.45, 7) is 7.90. The van der Waals surface area contributed by atoms with Crippen LogP contribution >= 0.6 is 0 Å². The summed E-state index contributed by atoms with van der Waals surface area (Å²) in [5.41, 5.74) is 0.0402. The van der Waals surface area contributed by atoms with E-state index in [0.29, 0.717) is 26.1 Å². The zero-order valence-corrected chi connectivity index (χ0v) is 11.6. The van der Waals surface area contributed by atoms with Crippen molar-refractivity contribution in [2.45, 2.75) is 45.6 Å². The van der Waals surface area contributed by atoms with E-state index in [1.54, 1.807) is 0 Å². The van der Waals surface area contributed by atoms with Crippen LogP contribution in [0, 0.1) is 5.92 Å². The van der Waals surface area contributed by atoms with E-state index in [1.807, 2.05) is 0 Å². The highest BCUT2D eigenvalue weighted by atomic mass is 16.2. The number of amides is 2. The first-order chi connectivity index (χ1) is 8.38. The third-order valence-corrected chi connectivity index (χ3v) is 2.70. The first-order valence-electron chi connectivity index (χ1n) is 6.68. The molecule has 0 saturated heterocycles. The fourth-order valence-corrected chi connectivity index (χ4v) is 1.52. The SMILES string of the molecule is CC(C)(C)NCCC(=O)NCCNC(=O)C1CC1. The Morgan fingerprint density at radius 2 is 1.67 bits per heavy atom. The molecular formula is C13H25N3O2. The summed E-state index contributed by atoms with van der Waals surface area (Å²) in [4.78, 5) is 22.8. The van der Waals surface area contributed by atoms with Crippen molar-refractivity contribution in [2.75, 3.05) is 19.6 Å². The lowest BCUT2D eigenvalue weighted by atomic mass is 10.1. The van der Waals surface area contributed by atoms with Gasteiger partial charge in [0.2, 0.25) is 11.8 Å². The molecule has 0 bridgehead atoms. The topological polar surface area (TPSA) is 70.2 Å². The highest BCUT2D eigenvalue weighted by Gasteiger charge is 2.28. The van der Waals surface area contributed by atoms with E-state index in [4.69, 9.17) is 0 Å². The maximum absolute atomic E-state index is 11.5. The molecule has 104 valence electrons. The van der Waals surface area contributed by atoms with Crippen molar-refractivity contribution in [1.29, 1.82) is 0 Å². The van der Waals surface area contributed by atoms with E-state index < -0.39 is 0 Å². The van der Waals surface area contributed by atoms with Crippen LogP contribution in [0.15, 0.2) is 0 Å². The average molecular weight is 255 g/mol. The molecule has 1 aliphatic rings. The molecule has 0 aliphatic heterocycles. The van der Waals surface area contributed by atoms with Crippen LogP contribution in [-0.2, 0) is 9.59 Å². The number of nitrogens with one attached hydrogen (secondary N) is 3. The minimum absolute atomic E-state index is 0.0208. The Morgan fingerprint density at radius 1 is 1.06 bits per heavy atom. The van der Waals surface area contributed by atoms with E-state index in [9.17, 15) is 9.59 Å². The number of hydrogen-bond acceptors (Lipinski definition) is 3. The van der Waals surface area contributed by atoms with Gasteiger partial charge in [-0.1, -0.05) is 0 Å². The van der Waals surface area contributed by atoms with Crippen molar-refractivity contribution in [3.05, 3.63) is 0 Å². The highest BCUT2D eigenvalue weighted by molar-refractivity contribution is 5.81. The molecule has 1 aliphatic carbocycles. The molecule has 3 N–H and O–H groups in total. The maximum atomic E-state index is 11.5. The number of carbonyl (C=O) groups is 2. The zero-order valence-electron chi connectivity index (χ0n) is 11.6. The molecule has 0 aromatic rings. The molecule has 0 aromatic carbocycles. The molecule has 0 radical (unpaired) electrons. The highest BCUT2D eigenvalue weighted by Crippen LogP contribution is 2.28. The number of rotatable bonds is 7. The predicted molar refractivity (Wildman–Crippen MR) is 71.1 cm³/mol. The van der Waals surface area contributed by atoms with Gasteiger partial charge in [-0.05, 0) is 33.6 Å². The van der Waals surface area contributed by atoms with Crippen LogP contribution in [0.5, 0.6) is 0 Å². The lowest BCUT2D eigenvalue weighted by Gasteiger charge is -2.20. The van der Waals surface area contributed by atoms with Gasteiger partial charge in [0.05, 0.1) is 0 Å². The third kappa shape index (κ3) is 7.27. The molecule has 0 atom stereocenters. The summed E-state index contributed by atoms with van der Waals surface area (Å²) in [5, 5.41) is 8.86. The molecule has 1 rings (SSSR count). The first-order valence-corrected chi connectivity index (χ1v) is 6.68. The van der Waals surface area contributed by atoms with Gasteiger partial charge in [-0.15, -0.1) is 0 Å². The van der Waals surface area contributed by atoms with Crippen molar-refractivity contribution in [3.63, 3.8) is 0 Å². The summed E-state index contributed by atoms with van der Waals surface area (Å²) in [5.74, 6) is 0.378.